The number of amides is 2. The monoisotopic (exact) mass is 536 g/mol. The quantitative estimate of drug-likeness (QED) is 0.225. The number of aryl methyl sites for hydroxylation is 1. The number of imide groups is 1. The lowest BCUT2D eigenvalue weighted by molar-refractivity contribution is -0.142. The van der Waals surface area contributed by atoms with Gasteiger partial charge in [-0.3, -0.25) is 14.5 Å². The number of nitrogens with zero attached hydrogens (tertiary/aromatic N) is 4. The van der Waals surface area contributed by atoms with Crippen molar-refractivity contribution in [3.63, 3.8) is 0 Å². The first-order valence-electron chi connectivity index (χ1n) is 13.8. The zero-order chi connectivity index (χ0) is 29.0. The van der Waals surface area contributed by atoms with Crippen LogP contribution in [0.3, 0.4) is 0 Å². The average molecular weight is 537 g/mol. The van der Waals surface area contributed by atoms with Crippen LogP contribution in [0.25, 0.3) is 23.0 Å². The van der Waals surface area contributed by atoms with E-state index in [-0.39, 0.29) is 11.6 Å². The number of aromatic nitrogens is 2. The van der Waals surface area contributed by atoms with Crippen molar-refractivity contribution in [2.75, 3.05) is 6.61 Å². The van der Waals surface area contributed by atoms with Crippen LogP contribution in [0, 0.1) is 24.2 Å². The molecule has 4 rings (SSSR count). The first-order valence-corrected chi connectivity index (χ1v) is 13.8. The van der Waals surface area contributed by atoms with Crippen molar-refractivity contribution < 1.29 is 14.3 Å². The molecule has 206 valence electrons. The topological polar surface area (TPSA) is 88.2 Å². The van der Waals surface area contributed by atoms with Crippen LogP contribution in [-0.2, 0) is 9.59 Å². The van der Waals surface area contributed by atoms with Gasteiger partial charge in [-0.1, -0.05) is 39.0 Å². The fourth-order valence-corrected chi connectivity index (χ4v) is 4.63. The van der Waals surface area contributed by atoms with Crippen molar-refractivity contribution in [2.24, 2.45) is 5.92 Å². The number of nitriles is 1. The normalized spacial score (nSPS) is 15.7. The third-order valence-corrected chi connectivity index (χ3v) is 7.27. The minimum atomic E-state index is -0.541. The zero-order valence-corrected chi connectivity index (χ0v) is 24.1. The van der Waals surface area contributed by atoms with Crippen LogP contribution in [-0.4, -0.2) is 39.1 Å². The molecule has 0 bridgehead atoms. The van der Waals surface area contributed by atoms with Crippen LogP contribution >= 0.6 is 0 Å². The third kappa shape index (κ3) is 5.76. The van der Waals surface area contributed by atoms with Crippen molar-refractivity contribution in [2.45, 2.75) is 60.4 Å². The molecule has 0 aliphatic carbocycles. The summed E-state index contributed by atoms with van der Waals surface area (Å²) in [6, 6.07) is 17.4. The van der Waals surface area contributed by atoms with E-state index in [1.807, 2.05) is 81.6 Å². The molecule has 0 saturated heterocycles. The van der Waals surface area contributed by atoms with Crippen LogP contribution < -0.4 is 4.74 Å². The second-order valence-electron chi connectivity index (χ2n) is 10.6. The fourth-order valence-electron chi connectivity index (χ4n) is 4.63. The molecule has 40 heavy (non-hydrogen) atoms. The van der Waals surface area contributed by atoms with Crippen molar-refractivity contribution in [1.82, 2.24) is 14.7 Å². The van der Waals surface area contributed by atoms with E-state index >= 15 is 0 Å². The van der Waals surface area contributed by atoms with Gasteiger partial charge in [-0.05, 0) is 87.1 Å². The molecule has 2 amide bonds. The van der Waals surface area contributed by atoms with Gasteiger partial charge >= 0.3 is 0 Å². The standard InChI is InChI=1S/C33H36N4O3/c1-7-23(5)37-32(38)28(24(6)29(19-34)33(37)39)18-26-20-36(27-11-9-8-10-12-27)35-31(26)25-13-14-30(22(4)17-25)40-16-15-21(2)3/h8-14,17-18,20-21,23H,7,15-16H2,1-6H3/b28-18+. The number of hydrogen-bond donors (Lipinski definition) is 0. The van der Waals surface area contributed by atoms with E-state index in [0.29, 0.717) is 41.3 Å². The molecule has 0 fully saturated rings. The minimum Gasteiger partial charge on any atom is -0.493 e. The number of benzene rings is 2. The molecule has 1 aromatic heterocycles. The van der Waals surface area contributed by atoms with Crippen molar-refractivity contribution in [3.8, 4) is 28.8 Å². The lowest BCUT2D eigenvalue weighted by Gasteiger charge is -2.31. The molecule has 0 spiro atoms. The second kappa shape index (κ2) is 12.2. The molecule has 2 aromatic carbocycles. The summed E-state index contributed by atoms with van der Waals surface area (Å²) in [4.78, 5) is 27.8. The van der Waals surface area contributed by atoms with Crippen molar-refractivity contribution >= 4 is 17.9 Å². The lowest BCUT2D eigenvalue weighted by atomic mass is 9.92. The molecule has 0 N–H and O–H groups in total. The van der Waals surface area contributed by atoms with Gasteiger partial charge in [0.05, 0.1) is 18.0 Å². The highest BCUT2D eigenvalue weighted by Crippen LogP contribution is 2.33. The number of carbonyl (C=O) groups excluding carboxylic acids is 2. The number of ether oxygens (including phenoxy) is 1. The van der Waals surface area contributed by atoms with Crippen LogP contribution in [0.15, 0.2) is 71.4 Å². The minimum absolute atomic E-state index is 0.0121. The largest absolute Gasteiger partial charge is 0.493 e. The number of hydrogen-bond acceptors (Lipinski definition) is 5. The van der Waals surface area contributed by atoms with E-state index in [1.165, 1.54) is 4.90 Å². The van der Waals surface area contributed by atoms with Gasteiger partial charge in [0.1, 0.15) is 17.4 Å². The molecule has 7 nitrogen and oxygen atoms in total. The van der Waals surface area contributed by atoms with Crippen LogP contribution in [0.5, 0.6) is 5.75 Å². The van der Waals surface area contributed by atoms with E-state index in [2.05, 4.69) is 13.8 Å². The predicted molar refractivity (Wildman–Crippen MR) is 157 cm³/mol. The van der Waals surface area contributed by atoms with Gasteiger partial charge in [-0.25, -0.2) is 4.68 Å². The van der Waals surface area contributed by atoms with Gasteiger partial charge in [-0.2, -0.15) is 10.4 Å². The summed E-state index contributed by atoms with van der Waals surface area (Å²) in [5.41, 5.74) is 4.79. The van der Waals surface area contributed by atoms with E-state index in [4.69, 9.17) is 9.84 Å². The molecule has 1 aliphatic rings. The maximum atomic E-state index is 13.6. The van der Waals surface area contributed by atoms with Crippen LogP contribution in [0.4, 0.5) is 0 Å². The molecule has 2 heterocycles. The van der Waals surface area contributed by atoms with Crippen molar-refractivity contribution in [3.05, 3.63) is 82.6 Å². The third-order valence-electron chi connectivity index (χ3n) is 7.27. The molecule has 0 saturated carbocycles. The van der Waals surface area contributed by atoms with Gasteiger partial charge in [0.25, 0.3) is 11.8 Å². The van der Waals surface area contributed by atoms with Gasteiger partial charge < -0.3 is 4.74 Å². The molecule has 1 unspecified atom stereocenters. The molecular weight excluding hydrogens is 500 g/mol. The van der Waals surface area contributed by atoms with E-state index < -0.39 is 11.8 Å². The van der Waals surface area contributed by atoms with E-state index in [9.17, 15) is 14.9 Å². The molecule has 1 atom stereocenters. The Morgan fingerprint density at radius 3 is 2.40 bits per heavy atom. The smallest absolute Gasteiger partial charge is 0.271 e. The van der Waals surface area contributed by atoms with Crippen LogP contribution in [0.2, 0.25) is 0 Å². The van der Waals surface area contributed by atoms with Gasteiger partial charge in [-0.15, -0.1) is 0 Å². The van der Waals surface area contributed by atoms with Gasteiger partial charge in [0, 0.05) is 28.9 Å². The SMILES string of the molecule is CCC(C)N1C(=O)C(C#N)=C(C)/C(=C\c2cn(-c3ccccc3)nc2-c2ccc(OCCC(C)C)c(C)c2)C1=O. The Morgan fingerprint density at radius 2 is 1.77 bits per heavy atom. The highest BCUT2D eigenvalue weighted by Gasteiger charge is 2.37. The maximum Gasteiger partial charge on any atom is 0.271 e. The average Bonchev–Trinajstić information content (AvgIpc) is 3.36. The maximum absolute atomic E-state index is 13.6. The summed E-state index contributed by atoms with van der Waals surface area (Å²) < 4.78 is 7.79. The highest BCUT2D eigenvalue weighted by molar-refractivity contribution is 6.20. The number of para-hydroxylation sites is 1. The summed E-state index contributed by atoms with van der Waals surface area (Å²) in [5.74, 6) is 0.444. The Hall–Kier alpha value is -4.44. The molecule has 7 heteroatoms. The summed E-state index contributed by atoms with van der Waals surface area (Å²) in [6.45, 7) is 12.4. The molecule has 1 aliphatic heterocycles. The first-order chi connectivity index (χ1) is 19.2. The number of rotatable bonds is 9. The first kappa shape index (κ1) is 28.6. The Morgan fingerprint density at radius 1 is 1.05 bits per heavy atom. The highest BCUT2D eigenvalue weighted by atomic mass is 16.5. The Labute approximate surface area is 236 Å². The van der Waals surface area contributed by atoms with Crippen LogP contribution in [0.1, 0.15) is 58.6 Å². The Kier molecular flexibility index (Phi) is 8.69. The summed E-state index contributed by atoms with van der Waals surface area (Å²) in [6.07, 6.45) is 5.18. The van der Waals surface area contributed by atoms with Gasteiger partial charge in [0.2, 0.25) is 0 Å². The summed E-state index contributed by atoms with van der Waals surface area (Å²) >= 11 is 0. The Balaban J connectivity index is 1.85. The predicted octanol–water partition coefficient (Wildman–Crippen LogP) is 6.66. The van der Waals surface area contributed by atoms with E-state index in [0.717, 1.165) is 29.0 Å². The molecule has 3 aromatic rings. The lowest BCUT2D eigenvalue weighted by Crippen LogP contribution is -2.47. The van der Waals surface area contributed by atoms with Crippen molar-refractivity contribution in [1.29, 1.82) is 5.26 Å². The zero-order valence-electron chi connectivity index (χ0n) is 24.1. The molecule has 0 radical (unpaired) electrons. The van der Waals surface area contributed by atoms with E-state index in [1.54, 1.807) is 17.7 Å². The number of carbonyl (C=O) groups is 2. The molecular formula is C33H36N4O3. The second-order valence-corrected chi connectivity index (χ2v) is 10.6. The summed E-state index contributed by atoms with van der Waals surface area (Å²) in [5, 5.41) is 14.7. The van der Waals surface area contributed by atoms with Gasteiger partial charge in [0.15, 0.2) is 0 Å². The fraction of sp³-hybridized carbons (Fsp3) is 0.333. The Bertz CT molecular complexity index is 1520. The summed E-state index contributed by atoms with van der Waals surface area (Å²) in [7, 11) is 0.